The van der Waals surface area contributed by atoms with Gasteiger partial charge in [0.1, 0.15) is 6.10 Å². The Kier molecular flexibility index (Phi) is 5.93. The molecule has 5 aromatic carbocycles. The van der Waals surface area contributed by atoms with Crippen molar-refractivity contribution >= 4 is 33.5 Å². The van der Waals surface area contributed by atoms with Crippen molar-refractivity contribution in [1.82, 2.24) is 0 Å². The average molecular weight is 487 g/mol. The van der Waals surface area contributed by atoms with Crippen LogP contribution in [0.4, 0.5) is 0 Å². The summed E-state index contributed by atoms with van der Waals surface area (Å²) < 4.78 is 12.1. The van der Waals surface area contributed by atoms with E-state index >= 15 is 0 Å². The first kappa shape index (κ1) is 23.0. The molecule has 1 aliphatic rings. The van der Waals surface area contributed by atoms with E-state index in [4.69, 9.17) is 9.47 Å². The summed E-state index contributed by atoms with van der Waals surface area (Å²) in [5, 5.41) is 4.76. The van der Waals surface area contributed by atoms with Gasteiger partial charge in [0.05, 0.1) is 11.1 Å². The summed E-state index contributed by atoms with van der Waals surface area (Å²) in [6.07, 6.45) is -0.0243. The van der Waals surface area contributed by atoms with Gasteiger partial charge in [0.25, 0.3) is 0 Å². The summed E-state index contributed by atoms with van der Waals surface area (Å²) in [5.41, 5.74) is 4.08. The Labute approximate surface area is 215 Å². The van der Waals surface area contributed by atoms with Gasteiger partial charge in [-0.05, 0) is 76.7 Å². The van der Waals surface area contributed by atoms with Crippen LogP contribution in [0.1, 0.15) is 49.9 Å². The predicted octanol–water partition coefficient (Wildman–Crippen LogP) is 7.37. The van der Waals surface area contributed by atoms with Gasteiger partial charge in [0, 0.05) is 5.56 Å². The number of aryl methyl sites for hydroxylation is 2. The van der Waals surface area contributed by atoms with Gasteiger partial charge in [0.15, 0.2) is 6.10 Å². The quantitative estimate of drug-likeness (QED) is 0.197. The summed E-state index contributed by atoms with van der Waals surface area (Å²) in [4.78, 5) is 26.2. The molecule has 37 heavy (non-hydrogen) atoms. The Balaban J connectivity index is 1.45. The van der Waals surface area contributed by atoms with Crippen LogP contribution in [-0.4, -0.2) is 18.0 Å². The lowest BCUT2D eigenvalue weighted by molar-refractivity contribution is -0.0436. The molecule has 0 bridgehead atoms. The molecule has 2 atom stereocenters. The van der Waals surface area contributed by atoms with Crippen molar-refractivity contribution in [2.24, 2.45) is 0 Å². The topological polar surface area (TPSA) is 52.6 Å². The lowest BCUT2D eigenvalue weighted by Crippen LogP contribution is -2.33. The monoisotopic (exact) mass is 486 g/mol. The van der Waals surface area contributed by atoms with Crippen LogP contribution in [0.5, 0.6) is 0 Å². The van der Waals surface area contributed by atoms with Crippen molar-refractivity contribution in [3.63, 3.8) is 0 Å². The van der Waals surface area contributed by atoms with E-state index < -0.39 is 24.1 Å². The SMILES string of the molecule is Cc1cc2c(c3ccc4ccccc4c13)CC[C@@H](OC(=O)c1ccccc1)[C@@H]2OC(=O)c1ccccc1. The third-order valence-electron chi connectivity index (χ3n) is 7.20. The molecule has 0 N–H and O–H groups in total. The summed E-state index contributed by atoms with van der Waals surface area (Å²) >= 11 is 0. The van der Waals surface area contributed by atoms with E-state index in [1.54, 1.807) is 48.5 Å². The third-order valence-corrected chi connectivity index (χ3v) is 7.20. The van der Waals surface area contributed by atoms with Gasteiger partial charge in [-0.1, -0.05) is 78.9 Å². The minimum Gasteiger partial charge on any atom is -0.454 e. The normalized spacial score (nSPS) is 16.8. The van der Waals surface area contributed by atoms with Crippen molar-refractivity contribution in [3.8, 4) is 0 Å². The first-order valence-corrected chi connectivity index (χ1v) is 12.6. The van der Waals surface area contributed by atoms with Gasteiger partial charge in [-0.25, -0.2) is 9.59 Å². The summed E-state index contributed by atoms with van der Waals surface area (Å²) in [6, 6.07) is 32.7. The van der Waals surface area contributed by atoms with Crippen LogP contribution in [0.15, 0.2) is 103 Å². The van der Waals surface area contributed by atoms with Crippen LogP contribution < -0.4 is 0 Å². The molecule has 0 saturated heterocycles. The lowest BCUT2D eigenvalue weighted by atomic mass is 9.81. The van der Waals surface area contributed by atoms with E-state index in [9.17, 15) is 9.59 Å². The molecule has 0 aromatic heterocycles. The molecule has 0 amide bonds. The summed E-state index contributed by atoms with van der Waals surface area (Å²) in [5.74, 6) is -0.853. The Bertz CT molecular complexity index is 1620. The number of carbonyl (C=O) groups is 2. The molecule has 0 heterocycles. The van der Waals surface area contributed by atoms with Crippen LogP contribution in [0, 0.1) is 6.92 Å². The number of ether oxygens (including phenoxy) is 2. The minimum absolute atomic E-state index is 0.418. The molecular weight excluding hydrogens is 460 g/mol. The van der Waals surface area contributed by atoms with E-state index in [1.807, 2.05) is 18.2 Å². The molecule has 0 saturated carbocycles. The Morgan fingerprint density at radius 2 is 1.32 bits per heavy atom. The Hall–Kier alpha value is -4.44. The number of rotatable bonds is 4. The van der Waals surface area contributed by atoms with Gasteiger partial charge < -0.3 is 9.47 Å². The fraction of sp³-hybridized carbons (Fsp3) is 0.152. The van der Waals surface area contributed by atoms with Crippen LogP contribution in [0.3, 0.4) is 0 Å². The van der Waals surface area contributed by atoms with E-state index in [-0.39, 0.29) is 0 Å². The van der Waals surface area contributed by atoms with Gasteiger partial charge in [-0.2, -0.15) is 0 Å². The first-order chi connectivity index (χ1) is 18.1. The molecular formula is C33H26O4. The number of benzene rings is 5. The van der Waals surface area contributed by atoms with Crippen LogP contribution in [-0.2, 0) is 15.9 Å². The molecule has 182 valence electrons. The lowest BCUT2D eigenvalue weighted by Gasteiger charge is -2.34. The van der Waals surface area contributed by atoms with Crippen molar-refractivity contribution in [3.05, 3.63) is 131 Å². The minimum atomic E-state index is -0.710. The molecule has 4 nitrogen and oxygen atoms in total. The molecule has 0 unspecified atom stereocenters. The highest BCUT2D eigenvalue weighted by molar-refractivity contribution is 6.10. The smallest absolute Gasteiger partial charge is 0.338 e. The number of esters is 2. The largest absolute Gasteiger partial charge is 0.454 e. The van der Waals surface area contributed by atoms with Gasteiger partial charge in [0.2, 0.25) is 0 Å². The maximum atomic E-state index is 13.2. The second-order valence-electron chi connectivity index (χ2n) is 9.51. The molecule has 5 aromatic rings. The number of carbonyl (C=O) groups excluding carboxylic acids is 2. The molecule has 4 heteroatoms. The second kappa shape index (κ2) is 9.55. The fourth-order valence-corrected chi connectivity index (χ4v) is 5.46. The zero-order chi connectivity index (χ0) is 25.4. The number of hydrogen-bond donors (Lipinski definition) is 0. The zero-order valence-electron chi connectivity index (χ0n) is 20.5. The molecule has 0 aliphatic heterocycles. The molecule has 1 aliphatic carbocycles. The highest BCUT2D eigenvalue weighted by Crippen LogP contribution is 2.42. The van der Waals surface area contributed by atoms with Gasteiger partial charge in [-0.15, -0.1) is 0 Å². The van der Waals surface area contributed by atoms with E-state index in [2.05, 4.69) is 43.3 Å². The van der Waals surface area contributed by atoms with Crippen LogP contribution >= 0.6 is 0 Å². The predicted molar refractivity (Wildman–Crippen MR) is 145 cm³/mol. The number of hydrogen-bond acceptors (Lipinski definition) is 4. The zero-order valence-corrected chi connectivity index (χ0v) is 20.5. The molecule has 6 rings (SSSR count). The maximum Gasteiger partial charge on any atom is 0.338 e. The fourth-order valence-electron chi connectivity index (χ4n) is 5.46. The van der Waals surface area contributed by atoms with Crippen molar-refractivity contribution < 1.29 is 19.1 Å². The van der Waals surface area contributed by atoms with Crippen LogP contribution in [0.2, 0.25) is 0 Å². The van der Waals surface area contributed by atoms with Crippen molar-refractivity contribution in [2.75, 3.05) is 0 Å². The Morgan fingerprint density at radius 3 is 2.03 bits per heavy atom. The molecule has 0 spiro atoms. The Morgan fingerprint density at radius 1 is 0.703 bits per heavy atom. The van der Waals surface area contributed by atoms with Crippen LogP contribution in [0.25, 0.3) is 21.5 Å². The highest BCUT2D eigenvalue weighted by Gasteiger charge is 2.37. The van der Waals surface area contributed by atoms with Crippen molar-refractivity contribution in [1.29, 1.82) is 0 Å². The first-order valence-electron chi connectivity index (χ1n) is 12.6. The highest BCUT2D eigenvalue weighted by atomic mass is 16.6. The third kappa shape index (κ3) is 4.25. The number of fused-ring (bicyclic) bond motifs is 5. The van der Waals surface area contributed by atoms with E-state index in [0.717, 1.165) is 28.5 Å². The molecule has 0 radical (unpaired) electrons. The average Bonchev–Trinajstić information content (AvgIpc) is 2.95. The van der Waals surface area contributed by atoms with Gasteiger partial charge in [-0.3, -0.25) is 0 Å². The van der Waals surface area contributed by atoms with Crippen molar-refractivity contribution in [2.45, 2.75) is 32.0 Å². The summed E-state index contributed by atoms with van der Waals surface area (Å²) in [6.45, 7) is 2.09. The van der Waals surface area contributed by atoms with E-state index in [0.29, 0.717) is 17.5 Å². The summed E-state index contributed by atoms with van der Waals surface area (Å²) in [7, 11) is 0. The standard InChI is InChI=1S/C33H26O4/c1-21-20-28-26(27-17-16-22-10-8-9-15-25(22)30(21)27)18-19-29(36-32(34)23-11-4-2-5-12-23)31(28)37-33(35)24-13-6-3-7-14-24/h2-17,20,29,31H,18-19H2,1H3/t29-,31-/m1/s1. The maximum absolute atomic E-state index is 13.2. The second-order valence-corrected chi connectivity index (χ2v) is 9.51. The molecule has 0 fully saturated rings. The van der Waals surface area contributed by atoms with E-state index in [1.165, 1.54) is 16.2 Å². The van der Waals surface area contributed by atoms with Gasteiger partial charge >= 0.3 is 11.9 Å².